The van der Waals surface area contributed by atoms with Crippen molar-refractivity contribution < 1.29 is 0 Å². The van der Waals surface area contributed by atoms with Gasteiger partial charge in [-0.25, -0.2) is 0 Å². The highest BCUT2D eigenvalue weighted by atomic mass is 15.1. The van der Waals surface area contributed by atoms with Crippen LogP contribution in [0.4, 0.5) is 17.1 Å². The molecule has 0 aliphatic carbocycles. The molecule has 0 amide bonds. The van der Waals surface area contributed by atoms with E-state index in [2.05, 4.69) is 205 Å². The maximum absolute atomic E-state index is 2.33. The van der Waals surface area contributed by atoms with Crippen LogP contribution in [0, 0.1) is 0 Å². The maximum Gasteiger partial charge on any atom is 0.0495 e. The van der Waals surface area contributed by atoms with Crippen LogP contribution < -0.4 is 4.90 Å². The summed E-state index contributed by atoms with van der Waals surface area (Å²) in [5.74, 6) is 0. The second-order valence-corrected chi connectivity index (χ2v) is 12.7. The monoisotopic (exact) mass is 626 g/mol. The van der Waals surface area contributed by atoms with Crippen LogP contribution in [-0.2, 0) is 7.05 Å². The summed E-state index contributed by atoms with van der Waals surface area (Å²) in [5, 5.41) is 5.20. The first-order chi connectivity index (χ1) is 24.2. The fourth-order valence-electron chi connectivity index (χ4n) is 7.38. The molecule has 0 saturated carbocycles. The number of nitrogens with zero attached hydrogens (tertiary/aromatic N) is 2. The highest BCUT2D eigenvalue weighted by Crippen LogP contribution is 2.41. The first-order valence-corrected chi connectivity index (χ1v) is 16.8. The lowest BCUT2D eigenvalue weighted by Gasteiger charge is -2.26. The molecule has 0 atom stereocenters. The predicted octanol–water partition coefficient (Wildman–Crippen LogP) is 13.0. The third-order valence-corrected chi connectivity index (χ3v) is 9.80. The van der Waals surface area contributed by atoms with Crippen LogP contribution in [-0.4, -0.2) is 4.57 Å². The number of hydrogen-bond acceptors (Lipinski definition) is 1. The summed E-state index contributed by atoms with van der Waals surface area (Å²) < 4.78 is 2.33. The topological polar surface area (TPSA) is 8.17 Å². The first-order valence-electron chi connectivity index (χ1n) is 16.8. The Kier molecular flexibility index (Phi) is 7.06. The summed E-state index contributed by atoms with van der Waals surface area (Å²) >= 11 is 0. The standard InChI is InChI=1S/C47H34N2/c1-48-44-21-11-20-43(46(44)47-42-19-9-8-14-36(42)28-31-45(47)48)37-24-22-34(23-25-37)35-26-29-40(30-27-35)49(39-16-6-3-7-17-39)41-18-10-15-38(32-41)33-12-4-2-5-13-33/h2-32H,1H3. The van der Waals surface area contributed by atoms with Crippen LogP contribution in [0.25, 0.3) is 66.0 Å². The van der Waals surface area contributed by atoms with Gasteiger partial charge in [0.2, 0.25) is 0 Å². The second-order valence-electron chi connectivity index (χ2n) is 12.7. The largest absolute Gasteiger partial charge is 0.344 e. The molecule has 1 aromatic heterocycles. The molecule has 8 aromatic carbocycles. The third kappa shape index (κ3) is 5.06. The van der Waals surface area contributed by atoms with Gasteiger partial charge in [-0.15, -0.1) is 0 Å². The smallest absolute Gasteiger partial charge is 0.0495 e. The zero-order chi connectivity index (χ0) is 32.7. The fourth-order valence-corrected chi connectivity index (χ4v) is 7.38. The van der Waals surface area contributed by atoms with E-state index in [1.165, 1.54) is 66.0 Å². The number of benzene rings is 8. The summed E-state index contributed by atoms with van der Waals surface area (Å²) in [5.41, 5.74) is 13.2. The van der Waals surface area contributed by atoms with Gasteiger partial charge in [0.1, 0.15) is 0 Å². The molecule has 0 bridgehead atoms. The van der Waals surface area contributed by atoms with Crippen molar-refractivity contribution in [3.05, 3.63) is 188 Å². The quantitative estimate of drug-likeness (QED) is 0.178. The van der Waals surface area contributed by atoms with Crippen LogP contribution in [0.15, 0.2) is 188 Å². The normalized spacial score (nSPS) is 11.4. The molecule has 0 N–H and O–H groups in total. The summed E-state index contributed by atoms with van der Waals surface area (Å²) in [6, 6.07) is 67.8. The molecule has 49 heavy (non-hydrogen) atoms. The second kappa shape index (κ2) is 12.0. The minimum Gasteiger partial charge on any atom is -0.344 e. The molecule has 0 unspecified atom stereocenters. The molecule has 0 aliphatic rings. The summed E-state index contributed by atoms with van der Waals surface area (Å²) in [6.45, 7) is 0. The van der Waals surface area contributed by atoms with E-state index in [1.807, 2.05) is 0 Å². The Morgan fingerprint density at radius 2 is 0.918 bits per heavy atom. The van der Waals surface area contributed by atoms with Gasteiger partial charge in [-0.1, -0.05) is 140 Å². The van der Waals surface area contributed by atoms with E-state index < -0.39 is 0 Å². The highest BCUT2D eigenvalue weighted by Gasteiger charge is 2.16. The number of hydrogen-bond donors (Lipinski definition) is 0. The zero-order valence-corrected chi connectivity index (χ0v) is 27.3. The number of aryl methyl sites for hydroxylation is 1. The summed E-state index contributed by atoms with van der Waals surface area (Å²) in [4.78, 5) is 2.33. The van der Waals surface area contributed by atoms with Gasteiger partial charge in [0.25, 0.3) is 0 Å². The van der Waals surface area contributed by atoms with Gasteiger partial charge < -0.3 is 9.47 Å². The lowest BCUT2D eigenvalue weighted by molar-refractivity contribution is 1.01. The van der Waals surface area contributed by atoms with Gasteiger partial charge in [0.15, 0.2) is 0 Å². The van der Waals surface area contributed by atoms with Crippen molar-refractivity contribution >= 4 is 49.6 Å². The number of aromatic nitrogens is 1. The molecule has 0 aliphatic heterocycles. The molecule has 0 fully saturated rings. The van der Waals surface area contributed by atoms with E-state index in [0.717, 1.165) is 17.1 Å². The Balaban J connectivity index is 1.08. The van der Waals surface area contributed by atoms with Gasteiger partial charge in [-0.3, -0.25) is 0 Å². The zero-order valence-electron chi connectivity index (χ0n) is 27.3. The Morgan fingerprint density at radius 1 is 0.367 bits per heavy atom. The first kappa shape index (κ1) is 28.8. The Labute approximate surface area is 286 Å². The van der Waals surface area contributed by atoms with Gasteiger partial charge >= 0.3 is 0 Å². The minimum atomic E-state index is 1.12. The van der Waals surface area contributed by atoms with E-state index in [4.69, 9.17) is 0 Å². The Hall–Kier alpha value is -6.38. The van der Waals surface area contributed by atoms with Crippen LogP contribution in [0.2, 0.25) is 0 Å². The molecule has 9 aromatic rings. The van der Waals surface area contributed by atoms with Gasteiger partial charge in [0.05, 0.1) is 0 Å². The SMILES string of the molecule is Cn1c2cccc(-c3ccc(-c4ccc(N(c5ccccc5)c5cccc(-c6ccccc6)c5)cc4)cc3)c2c2c3ccccc3ccc21. The molecule has 2 nitrogen and oxygen atoms in total. The minimum absolute atomic E-state index is 1.12. The fraction of sp³-hybridized carbons (Fsp3) is 0.0213. The predicted molar refractivity (Wildman–Crippen MR) is 209 cm³/mol. The number of fused-ring (bicyclic) bond motifs is 5. The average molecular weight is 627 g/mol. The van der Waals surface area contributed by atoms with Crippen molar-refractivity contribution in [2.45, 2.75) is 0 Å². The maximum atomic E-state index is 2.33. The molecule has 0 saturated heterocycles. The van der Waals surface area contributed by atoms with Crippen molar-refractivity contribution in [3.63, 3.8) is 0 Å². The van der Waals surface area contributed by atoms with Crippen LogP contribution in [0.1, 0.15) is 0 Å². The van der Waals surface area contributed by atoms with Gasteiger partial charge in [-0.05, 0) is 92.7 Å². The number of rotatable bonds is 6. The van der Waals surface area contributed by atoms with Gasteiger partial charge in [0, 0.05) is 45.9 Å². The lowest BCUT2D eigenvalue weighted by Crippen LogP contribution is -2.09. The van der Waals surface area contributed by atoms with Crippen LogP contribution in [0.5, 0.6) is 0 Å². The molecular formula is C47H34N2. The molecular weight excluding hydrogens is 593 g/mol. The lowest BCUT2D eigenvalue weighted by atomic mass is 9.95. The van der Waals surface area contributed by atoms with E-state index in [-0.39, 0.29) is 0 Å². The molecule has 2 heteroatoms. The number of anilines is 3. The molecule has 0 radical (unpaired) electrons. The molecule has 232 valence electrons. The van der Waals surface area contributed by atoms with E-state index in [0.29, 0.717) is 0 Å². The third-order valence-electron chi connectivity index (χ3n) is 9.80. The van der Waals surface area contributed by atoms with Crippen molar-refractivity contribution in [1.29, 1.82) is 0 Å². The summed E-state index contributed by atoms with van der Waals surface area (Å²) in [6.07, 6.45) is 0. The molecule has 1 heterocycles. The van der Waals surface area contributed by atoms with Crippen molar-refractivity contribution in [1.82, 2.24) is 4.57 Å². The van der Waals surface area contributed by atoms with Crippen molar-refractivity contribution in [2.75, 3.05) is 4.90 Å². The number of para-hydroxylation sites is 1. The molecule has 9 rings (SSSR count). The summed E-state index contributed by atoms with van der Waals surface area (Å²) in [7, 11) is 2.18. The van der Waals surface area contributed by atoms with Gasteiger partial charge in [-0.2, -0.15) is 0 Å². The van der Waals surface area contributed by atoms with Crippen LogP contribution in [0.3, 0.4) is 0 Å². The highest BCUT2D eigenvalue weighted by molar-refractivity contribution is 6.24. The molecule has 0 spiro atoms. The van der Waals surface area contributed by atoms with Crippen LogP contribution >= 0.6 is 0 Å². The average Bonchev–Trinajstić information content (AvgIpc) is 3.48. The van der Waals surface area contributed by atoms with E-state index >= 15 is 0 Å². The van der Waals surface area contributed by atoms with Crippen molar-refractivity contribution in [3.8, 4) is 33.4 Å². The van der Waals surface area contributed by atoms with E-state index in [1.54, 1.807) is 0 Å². The Bertz CT molecular complexity index is 2580. The Morgan fingerprint density at radius 3 is 1.69 bits per heavy atom. The van der Waals surface area contributed by atoms with Crippen molar-refractivity contribution in [2.24, 2.45) is 7.05 Å². The van der Waals surface area contributed by atoms with E-state index in [9.17, 15) is 0 Å².